The molecule has 3 aromatic heterocycles. The summed E-state index contributed by atoms with van der Waals surface area (Å²) in [5.41, 5.74) is -0.0446. The highest BCUT2D eigenvalue weighted by Crippen LogP contribution is 2.26. The minimum Gasteiger partial charge on any atom is -0.372 e. The number of aryl methyl sites for hydroxylation is 3. The van der Waals surface area contributed by atoms with Crippen LogP contribution in [0.1, 0.15) is 25.3 Å². The fraction of sp³-hybridized carbons (Fsp3) is 0.611. The highest BCUT2D eigenvalue weighted by molar-refractivity contribution is 8.01. The Morgan fingerprint density at radius 1 is 1.23 bits per heavy atom. The van der Waals surface area contributed by atoms with E-state index < -0.39 is 11.2 Å². The van der Waals surface area contributed by atoms with Gasteiger partial charge in [-0.15, -0.1) is 10.2 Å². The van der Waals surface area contributed by atoms with Gasteiger partial charge in [0.1, 0.15) is 5.01 Å². The van der Waals surface area contributed by atoms with Gasteiger partial charge in [0, 0.05) is 32.4 Å². The quantitative estimate of drug-likeness (QED) is 0.442. The van der Waals surface area contributed by atoms with Crippen molar-refractivity contribution in [1.29, 1.82) is 0 Å². The van der Waals surface area contributed by atoms with E-state index in [1.54, 1.807) is 30.1 Å². The van der Waals surface area contributed by atoms with Crippen LogP contribution in [0, 0.1) is 6.92 Å². The lowest BCUT2D eigenvalue weighted by Gasteiger charge is -2.36. The summed E-state index contributed by atoms with van der Waals surface area (Å²) >= 11 is 3.23. The SMILES string of the molecule is Cc1nnc(SCCCn2c(N3C[C@@H](C)O[C@H](C)C3)nc3c2c(=O)[nH]c(=O)n3C)s1. The minimum absolute atomic E-state index is 0.0558. The average molecular weight is 452 g/mol. The first kappa shape index (κ1) is 21.1. The maximum Gasteiger partial charge on any atom is 0.329 e. The van der Waals surface area contributed by atoms with Gasteiger partial charge >= 0.3 is 5.69 Å². The van der Waals surface area contributed by atoms with Gasteiger partial charge in [0.05, 0.1) is 12.2 Å². The molecule has 0 aromatic carbocycles. The molecule has 0 unspecified atom stereocenters. The second-order valence-corrected chi connectivity index (χ2v) is 10.0. The second-order valence-electron chi connectivity index (χ2n) is 7.51. The highest BCUT2D eigenvalue weighted by Gasteiger charge is 2.28. The smallest absolute Gasteiger partial charge is 0.329 e. The van der Waals surface area contributed by atoms with E-state index in [4.69, 9.17) is 9.72 Å². The number of nitrogens with zero attached hydrogens (tertiary/aromatic N) is 6. The molecular weight excluding hydrogens is 426 g/mol. The van der Waals surface area contributed by atoms with Crippen LogP contribution >= 0.6 is 23.1 Å². The lowest BCUT2D eigenvalue weighted by Crippen LogP contribution is -2.46. The number of morpholine rings is 1. The molecule has 0 amide bonds. The predicted octanol–water partition coefficient (Wildman–Crippen LogP) is 1.38. The predicted molar refractivity (Wildman–Crippen MR) is 118 cm³/mol. The number of rotatable bonds is 6. The molecule has 2 atom stereocenters. The molecule has 4 heterocycles. The van der Waals surface area contributed by atoms with Crippen molar-refractivity contribution in [1.82, 2.24) is 29.3 Å². The first-order valence-electron chi connectivity index (χ1n) is 9.86. The third-order valence-corrected chi connectivity index (χ3v) is 7.01. The Balaban J connectivity index is 1.65. The lowest BCUT2D eigenvalue weighted by molar-refractivity contribution is -0.00588. The maximum absolute atomic E-state index is 12.7. The fourth-order valence-electron chi connectivity index (χ4n) is 3.74. The zero-order chi connectivity index (χ0) is 21.4. The Hall–Kier alpha value is -2.18. The van der Waals surface area contributed by atoms with Crippen LogP contribution in [-0.4, -0.2) is 60.3 Å². The first-order chi connectivity index (χ1) is 14.3. The number of ether oxygens (including phenoxy) is 1. The number of thioether (sulfide) groups is 1. The van der Waals surface area contributed by atoms with E-state index in [0.29, 0.717) is 36.7 Å². The Morgan fingerprint density at radius 3 is 2.63 bits per heavy atom. The third kappa shape index (κ3) is 4.16. The molecule has 162 valence electrons. The van der Waals surface area contributed by atoms with Gasteiger partial charge in [0.2, 0.25) is 5.95 Å². The lowest BCUT2D eigenvalue weighted by atomic mass is 10.2. The number of hydrogen-bond donors (Lipinski definition) is 1. The highest BCUT2D eigenvalue weighted by atomic mass is 32.2. The van der Waals surface area contributed by atoms with Crippen molar-refractivity contribution in [2.45, 2.75) is 50.3 Å². The first-order valence-corrected chi connectivity index (χ1v) is 11.7. The van der Waals surface area contributed by atoms with Gasteiger partial charge in [-0.25, -0.2) is 4.79 Å². The number of aromatic nitrogens is 6. The van der Waals surface area contributed by atoms with Crippen LogP contribution in [0.15, 0.2) is 13.9 Å². The summed E-state index contributed by atoms with van der Waals surface area (Å²) in [7, 11) is 1.62. The number of hydrogen-bond acceptors (Lipinski definition) is 9. The largest absolute Gasteiger partial charge is 0.372 e. The van der Waals surface area contributed by atoms with E-state index in [9.17, 15) is 9.59 Å². The van der Waals surface area contributed by atoms with Crippen molar-refractivity contribution < 1.29 is 4.74 Å². The molecule has 0 aliphatic carbocycles. The molecule has 1 aliphatic rings. The van der Waals surface area contributed by atoms with Gasteiger partial charge in [0.15, 0.2) is 15.5 Å². The molecule has 1 aliphatic heterocycles. The molecule has 3 aromatic rings. The van der Waals surface area contributed by atoms with Crippen LogP contribution in [0.25, 0.3) is 11.2 Å². The fourth-order valence-corrected chi connectivity index (χ4v) is 5.55. The summed E-state index contributed by atoms with van der Waals surface area (Å²) in [5.74, 6) is 1.54. The molecule has 0 saturated carbocycles. The Kier molecular flexibility index (Phi) is 5.98. The number of nitrogens with one attached hydrogen (secondary N) is 1. The molecule has 1 N–H and O–H groups in total. The summed E-state index contributed by atoms with van der Waals surface area (Å²) in [6.45, 7) is 7.96. The molecule has 10 nitrogen and oxygen atoms in total. The van der Waals surface area contributed by atoms with Gasteiger partial charge in [-0.05, 0) is 27.2 Å². The van der Waals surface area contributed by atoms with Crippen LogP contribution in [0.5, 0.6) is 0 Å². The van der Waals surface area contributed by atoms with Crippen LogP contribution < -0.4 is 16.1 Å². The van der Waals surface area contributed by atoms with E-state index in [2.05, 4.69) is 20.1 Å². The Bertz CT molecular complexity index is 1150. The van der Waals surface area contributed by atoms with Crippen LogP contribution in [-0.2, 0) is 18.3 Å². The molecule has 12 heteroatoms. The number of anilines is 1. The van der Waals surface area contributed by atoms with Crippen LogP contribution in [0.4, 0.5) is 5.95 Å². The van der Waals surface area contributed by atoms with Crippen molar-refractivity contribution in [3.05, 3.63) is 25.8 Å². The Labute approximate surface area is 181 Å². The molecule has 30 heavy (non-hydrogen) atoms. The number of H-pyrrole nitrogens is 1. The molecule has 1 saturated heterocycles. The summed E-state index contributed by atoms with van der Waals surface area (Å²) in [4.78, 5) is 34.0. The Morgan fingerprint density at radius 2 is 1.97 bits per heavy atom. The standard InChI is InChI=1S/C18H25N7O3S2/c1-10-8-24(9-11(2)28-10)16-19-14-13(15(26)20-17(27)23(14)4)25(16)6-5-7-29-18-22-21-12(3)30-18/h10-11H,5-9H2,1-4H3,(H,20,26,27)/t10-,11-/m1/s1. The van der Waals surface area contributed by atoms with Gasteiger partial charge < -0.3 is 14.2 Å². The average Bonchev–Trinajstić information content (AvgIpc) is 3.26. The van der Waals surface area contributed by atoms with Gasteiger partial charge in [0.25, 0.3) is 5.56 Å². The molecule has 0 radical (unpaired) electrons. The number of imidazole rings is 1. The monoisotopic (exact) mass is 451 g/mol. The zero-order valence-corrected chi connectivity index (χ0v) is 19.0. The summed E-state index contributed by atoms with van der Waals surface area (Å²) in [6, 6.07) is 0. The summed E-state index contributed by atoms with van der Waals surface area (Å²) < 4.78 is 10.1. The van der Waals surface area contributed by atoms with Gasteiger partial charge in [-0.2, -0.15) is 4.98 Å². The van der Waals surface area contributed by atoms with Crippen molar-refractivity contribution in [3.8, 4) is 0 Å². The topological polar surface area (TPSA) is 111 Å². The number of fused-ring (bicyclic) bond motifs is 1. The van der Waals surface area contributed by atoms with E-state index >= 15 is 0 Å². The molecule has 0 bridgehead atoms. The van der Waals surface area contributed by atoms with E-state index in [1.807, 2.05) is 25.3 Å². The number of aromatic amines is 1. The van der Waals surface area contributed by atoms with E-state index in [0.717, 1.165) is 21.5 Å². The van der Waals surface area contributed by atoms with Crippen LogP contribution in [0.2, 0.25) is 0 Å². The summed E-state index contributed by atoms with van der Waals surface area (Å²) in [5, 5.41) is 9.13. The van der Waals surface area contributed by atoms with Crippen molar-refractivity contribution in [2.24, 2.45) is 7.05 Å². The third-order valence-electron chi connectivity index (χ3n) is 4.95. The molecule has 4 rings (SSSR count). The molecular formula is C18H25N7O3S2. The minimum atomic E-state index is -0.463. The van der Waals surface area contributed by atoms with Gasteiger partial charge in [-0.1, -0.05) is 23.1 Å². The van der Waals surface area contributed by atoms with E-state index in [1.165, 1.54) is 4.57 Å². The second kappa shape index (κ2) is 8.52. The molecule has 0 spiro atoms. The van der Waals surface area contributed by atoms with Crippen molar-refractivity contribution in [3.63, 3.8) is 0 Å². The van der Waals surface area contributed by atoms with Crippen LogP contribution in [0.3, 0.4) is 0 Å². The molecule has 1 fully saturated rings. The van der Waals surface area contributed by atoms with Crippen molar-refractivity contribution in [2.75, 3.05) is 23.7 Å². The van der Waals surface area contributed by atoms with E-state index in [-0.39, 0.29) is 12.2 Å². The maximum atomic E-state index is 12.7. The normalized spacial score (nSPS) is 19.7. The van der Waals surface area contributed by atoms with Gasteiger partial charge in [-0.3, -0.25) is 14.3 Å². The zero-order valence-electron chi connectivity index (χ0n) is 17.4. The van der Waals surface area contributed by atoms with Crippen molar-refractivity contribution >= 4 is 40.2 Å². The summed E-state index contributed by atoms with van der Waals surface area (Å²) in [6.07, 6.45) is 0.931.